The number of carbonyl (C=O) groups excluding carboxylic acids is 2. The van der Waals surface area contributed by atoms with E-state index < -0.39 is 39.6 Å². The molecule has 2 N–H and O–H groups in total. The first-order chi connectivity index (χ1) is 25.0. The van der Waals surface area contributed by atoms with E-state index in [2.05, 4.69) is 21.8 Å². The number of aromatic nitrogens is 1. The van der Waals surface area contributed by atoms with Crippen LogP contribution in [0.25, 0.3) is 0 Å². The molecule has 2 saturated heterocycles. The highest BCUT2D eigenvalue weighted by molar-refractivity contribution is 7.93. The van der Waals surface area contributed by atoms with Crippen LogP contribution in [0.3, 0.4) is 0 Å². The van der Waals surface area contributed by atoms with Crippen LogP contribution in [0.2, 0.25) is 10.0 Å². The number of amides is 2. The van der Waals surface area contributed by atoms with Crippen molar-refractivity contribution in [3.63, 3.8) is 0 Å². The van der Waals surface area contributed by atoms with Crippen LogP contribution in [0.1, 0.15) is 37.8 Å². The van der Waals surface area contributed by atoms with Crippen molar-refractivity contribution in [3.05, 3.63) is 82.0 Å². The van der Waals surface area contributed by atoms with Crippen LogP contribution >= 0.6 is 23.2 Å². The lowest BCUT2D eigenvalue weighted by atomic mass is 9.87. The zero-order valence-corrected chi connectivity index (χ0v) is 31.9. The van der Waals surface area contributed by atoms with Crippen LogP contribution in [-0.2, 0) is 34.7 Å². The number of carbonyl (C=O) groups is 4. The molecular formula is C35H41Cl2N5O10S. The van der Waals surface area contributed by atoms with Gasteiger partial charge in [0.15, 0.2) is 0 Å². The Morgan fingerprint density at radius 1 is 0.868 bits per heavy atom. The van der Waals surface area contributed by atoms with Gasteiger partial charge in [0.2, 0.25) is 5.88 Å². The Balaban J connectivity index is 0.000000714. The minimum absolute atomic E-state index is 0.00913. The number of methoxy groups -OCH3 is 1. The number of carboxylic acids is 2. The number of aliphatic carboxylic acids is 2. The van der Waals surface area contributed by atoms with Crippen LogP contribution < -0.4 is 9.04 Å². The molecule has 0 saturated carbocycles. The summed E-state index contributed by atoms with van der Waals surface area (Å²) in [6.07, 6.45) is 2.82. The third kappa shape index (κ3) is 9.37. The quantitative estimate of drug-likeness (QED) is 0.358. The lowest BCUT2D eigenvalue weighted by Crippen LogP contribution is -2.55. The average molecular weight is 795 g/mol. The van der Waals surface area contributed by atoms with Gasteiger partial charge in [-0.1, -0.05) is 23.2 Å². The number of hydrogen-bond acceptors (Lipinski definition) is 11. The van der Waals surface area contributed by atoms with E-state index in [0.29, 0.717) is 41.5 Å². The molecule has 2 aromatic carbocycles. The molecule has 2 fully saturated rings. The molecule has 15 nitrogen and oxygen atoms in total. The van der Waals surface area contributed by atoms with Crippen molar-refractivity contribution in [1.82, 2.24) is 19.7 Å². The molecule has 0 spiro atoms. The Labute approximate surface area is 317 Å². The van der Waals surface area contributed by atoms with Gasteiger partial charge in [0, 0.05) is 67.9 Å². The first-order valence-corrected chi connectivity index (χ1v) is 18.7. The van der Waals surface area contributed by atoms with E-state index in [4.69, 9.17) is 52.5 Å². The van der Waals surface area contributed by atoms with Gasteiger partial charge in [-0.25, -0.2) is 18.2 Å². The molecule has 6 rings (SSSR count). The van der Waals surface area contributed by atoms with Crippen molar-refractivity contribution in [2.75, 3.05) is 57.7 Å². The van der Waals surface area contributed by atoms with Crippen molar-refractivity contribution in [3.8, 4) is 5.88 Å². The molecule has 0 bridgehead atoms. The summed E-state index contributed by atoms with van der Waals surface area (Å²) in [5, 5.41) is 15.4. The van der Waals surface area contributed by atoms with Gasteiger partial charge in [-0.15, -0.1) is 0 Å². The smallest absolute Gasteiger partial charge is 0.411 e. The number of rotatable bonds is 6. The fraction of sp³-hybridized carbons (Fsp3) is 0.400. The number of nitrogens with zero attached hydrogens (tertiary/aromatic N) is 5. The SMILES string of the molecule is CC(=O)O.CC(=O)O.COc1ncccc1C1(OC(=O)N2CCN(C3CCN(C)CC3)CC2)C(=O)N(S(=O)(=O)c2ccc(Cl)cc2)c2ccc(Cl)cc21. The molecule has 1 aromatic heterocycles. The van der Waals surface area contributed by atoms with E-state index in [0.717, 1.165) is 39.8 Å². The Morgan fingerprint density at radius 2 is 1.43 bits per heavy atom. The Morgan fingerprint density at radius 3 is 2.00 bits per heavy atom. The first-order valence-electron chi connectivity index (χ1n) is 16.5. The van der Waals surface area contributed by atoms with Crippen molar-refractivity contribution in [1.29, 1.82) is 0 Å². The Kier molecular flexibility index (Phi) is 13.7. The van der Waals surface area contributed by atoms with E-state index in [1.54, 1.807) is 11.0 Å². The van der Waals surface area contributed by atoms with Gasteiger partial charge in [-0.3, -0.25) is 19.3 Å². The summed E-state index contributed by atoms with van der Waals surface area (Å²) in [6, 6.07) is 13.3. The number of benzene rings is 2. The average Bonchev–Trinajstić information content (AvgIpc) is 3.35. The Hall–Kier alpha value is -4.48. The largest absolute Gasteiger partial charge is 0.481 e. The van der Waals surface area contributed by atoms with Crippen LogP contribution in [-0.4, -0.2) is 122 Å². The standard InChI is InChI=1S/C31H33Cl2N5O6S.2C2H4O2/c1-35-14-11-23(12-15-35)36-16-18-37(19-17-36)30(40)44-31(25-4-3-13-34-28(25)43-2)26-20-22(33)7-10-27(26)38(29(31)39)45(41,42)24-8-5-21(32)6-9-24;2*1-2(3)4/h3-10,13,20,23H,11-12,14-19H2,1-2H3;2*1H3,(H,3,4). The van der Waals surface area contributed by atoms with E-state index in [1.165, 1.54) is 61.8 Å². The Bertz CT molecular complexity index is 1900. The number of piperidine rings is 1. The van der Waals surface area contributed by atoms with Crippen LogP contribution in [0, 0.1) is 0 Å². The molecule has 3 aromatic rings. The van der Waals surface area contributed by atoms with Gasteiger partial charge in [0.05, 0.1) is 23.3 Å². The fourth-order valence-corrected chi connectivity index (χ4v) is 8.10. The third-order valence-electron chi connectivity index (χ3n) is 8.76. The zero-order valence-electron chi connectivity index (χ0n) is 29.6. The fourth-order valence-electron chi connectivity index (χ4n) is 6.35. The summed E-state index contributed by atoms with van der Waals surface area (Å²) < 4.78 is 40.6. The second-order valence-electron chi connectivity index (χ2n) is 12.4. The number of ether oxygens (including phenoxy) is 2. The predicted octanol–water partition coefficient (Wildman–Crippen LogP) is 4.41. The molecular weight excluding hydrogens is 753 g/mol. The van der Waals surface area contributed by atoms with Gasteiger partial charge in [0.1, 0.15) is 0 Å². The van der Waals surface area contributed by atoms with Crippen molar-refractivity contribution >= 4 is 62.9 Å². The number of halogens is 2. The highest BCUT2D eigenvalue weighted by Crippen LogP contribution is 2.52. The van der Waals surface area contributed by atoms with Crippen LogP contribution in [0.5, 0.6) is 5.88 Å². The van der Waals surface area contributed by atoms with Gasteiger partial charge in [-0.05, 0) is 87.6 Å². The van der Waals surface area contributed by atoms with Gasteiger partial charge >= 0.3 is 6.09 Å². The van der Waals surface area contributed by atoms with Crippen LogP contribution in [0.4, 0.5) is 10.5 Å². The monoisotopic (exact) mass is 793 g/mol. The number of hydrogen-bond donors (Lipinski definition) is 2. The third-order valence-corrected chi connectivity index (χ3v) is 11.0. The van der Waals surface area contributed by atoms with Gasteiger partial charge in [0.25, 0.3) is 33.5 Å². The molecule has 1 unspecified atom stereocenters. The van der Waals surface area contributed by atoms with E-state index >= 15 is 0 Å². The summed E-state index contributed by atoms with van der Waals surface area (Å²) in [5.41, 5.74) is -2.15. The lowest BCUT2D eigenvalue weighted by Gasteiger charge is -2.42. The molecule has 286 valence electrons. The molecule has 0 aliphatic carbocycles. The maximum Gasteiger partial charge on any atom is 0.411 e. The lowest BCUT2D eigenvalue weighted by molar-refractivity contribution is -0.135. The molecule has 0 radical (unpaired) electrons. The maximum absolute atomic E-state index is 14.7. The number of fused-ring (bicyclic) bond motifs is 1. The second kappa shape index (κ2) is 17.6. The number of sulfonamides is 1. The normalized spacial score (nSPS) is 19.2. The summed E-state index contributed by atoms with van der Waals surface area (Å²) in [6.45, 7) is 6.30. The van der Waals surface area contributed by atoms with Crippen LogP contribution in [0.15, 0.2) is 65.7 Å². The zero-order chi connectivity index (χ0) is 39.1. The van der Waals surface area contributed by atoms with Crippen molar-refractivity contribution in [2.24, 2.45) is 0 Å². The number of carboxylic acid groups (broad SMARTS) is 2. The number of pyridine rings is 1. The summed E-state index contributed by atoms with van der Waals surface area (Å²) in [5.74, 6) is -2.71. The highest BCUT2D eigenvalue weighted by atomic mass is 35.5. The minimum Gasteiger partial charge on any atom is -0.481 e. The molecule has 4 heterocycles. The maximum atomic E-state index is 14.7. The predicted molar refractivity (Wildman–Crippen MR) is 196 cm³/mol. The second-order valence-corrected chi connectivity index (χ2v) is 15.1. The highest BCUT2D eigenvalue weighted by Gasteiger charge is 2.61. The van der Waals surface area contributed by atoms with Crippen molar-refractivity contribution in [2.45, 2.75) is 43.2 Å². The number of piperazine rings is 1. The molecule has 53 heavy (non-hydrogen) atoms. The molecule has 18 heteroatoms. The van der Waals surface area contributed by atoms with Crippen molar-refractivity contribution < 1.29 is 47.3 Å². The molecule has 2 amide bonds. The molecule has 1 atom stereocenters. The molecule has 3 aliphatic rings. The van der Waals surface area contributed by atoms with Gasteiger partial charge in [-0.2, -0.15) is 4.31 Å². The van der Waals surface area contributed by atoms with E-state index in [9.17, 15) is 18.0 Å². The topological polar surface area (TPSA) is 187 Å². The minimum atomic E-state index is -4.51. The summed E-state index contributed by atoms with van der Waals surface area (Å²) in [4.78, 5) is 57.1. The summed E-state index contributed by atoms with van der Waals surface area (Å²) >= 11 is 12.5. The molecule has 3 aliphatic heterocycles. The van der Waals surface area contributed by atoms with E-state index in [-0.39, 0.29) is 32.6 Å². The first kappa shape index (κ1) is 41.3. The van der Waals surface area contributed by atoms with Gasteiger partial charge < -0.3 is 29.5 Å². The van der Waals surface area contributed by atoms with E-state index in [1.807, 2.05) is 0 Å². The number of anilines is 1. The number of likely N-dealkylation sites (tertiary alicyclic amines) is 1. The summed E-state index contributed by atoms with van der Waals surface area (Å²) in [7, 11) is -1.02.